The van der Waals surface area contributed by atoms with Crippen molar-refractivity contribution in [1.82, 2.24) is 0 Å². The quantitative estimate of drug-likeness (QED) is 0.644. The number of fused-ring (bicyclic) bond motifs is 1. The fourth-order valence-corrected chi connectivity index (χ4v) is 4.21. The molecule has 2 heterocycles. The van der Waals surface area contributed by atoms with Crippen LogP contribution in [0.5, 0.6) is 0 Å². The molecule has 2 aromatic heterocycles. The van der Waals surface area contributed by atoms with Crippen LogP contribution in [0.3, 0.4) is 0 Å². The van der Waals surface area contributed by atoms with E-state index in [4.69, 9.17) is 5.73 Å². The monoisotopic (exact) mass is 331 g/mol. The van der Waals surface area contributed by atoms with Gasteiger partial charge in [0, 0.05) is 14.3 Å². The summed E-state index contributed by atoms with van der Waals surface area (Å²) in [6, 6.07) is 6.04. The number of thiophene rings is 2. The van der Waals surface area contributed by atoms with E-state index < -0.39 is 23.6 Å². The van der Waals surface area contributed by atoms with E-state index in [-0.39, 0.29) is 0 Å². The molecule has 0 bridgehead atoms. The smallest absolute Gasteiger partial charge is 0.320 e. The fraction of sp³-hybridized carbons (Fsp3) is 0.143. The molecule has 1 nitrogen and oxygen atoms in total. The van der Waals surface area contributed by atoms with Gasteiger partial charge in [0.1, 0.15) is 5.82 Å². The minimum Gasteiger partial charge on any atom is -0.320 e. The van der Waals surface area contributed by atoms with E-state index in [9.17, 15) is 17.6 Å². The number of rotatable bonds is 2. The van der Waals surface area contributed by atoms with Crippen LogP contribution in [-0.4, -0.2) is 0 Å². The van der Waals surface area contributed by atoms with Crippen LogP contribution in [0.15, 0.2) is 35.7 Å². The van der Waals surface area contributed by atoms with Gasteiger partial charge in [0.25, 0.3) is 0 Å². The summed E-state index contributed by atoms with van der Waals surface area (Å²) in [5, 5.41) is 1.95. The van der Waals surface area contributed by atoms with Crippen LogP contribution in [0, 0.1) is 5.82 Å². The van der Waals surface area contributed by atoms with E-state index in [1.165, 1.54) is 17.4 Å². The molecule has 0 fully saturated rings. The molecule has 0 radical (unpaired) electrons. The second-order valence-corrected chi connectivity index (χ2v) is 6.58. The van der Waals surface area contributed by atoms with Gasteiger partial charge in [-0.2, -0.15) is 13.2 Å². The summed E-state index contributed by atoms with van der Waals surface area (Å²) in [5.74, 6) is -1.30. The van der Waals surface area contributed by atoms with Crippen molar-refractivity contribution >= 4 is 32.1 Å². The van der Waals surface area contributed by atoms with Crippen LogP contribution in [-0.2, 0) is 6.18 Å². The highest BCUT2D eigenvalue weighted by Crippen LogP contribution is 2.36. The standard InChI is InChI=1S/C14H9F4NS2/c15-9-5-7(1-2-8(9)14(16,17)18)13(19)12-6-11-10(21-12)3-4-20-11/h1-6,13H,19H2. The molecule has 0 saturated heterocycles. The number of benzene rings is 1. The molecule has 1 unspecified atom stereocenters. The first-order chi connectivity index (χ1) is 9.86. The van der Waals surface area contributed by atoms with E-state index in [0.717, 1.165) is 26.4 Å². The van der Waals surface area contributed by atoms with Crippen molar-refractivity contribution in [2.45, 2.75) is 12.2 Å². The Bertz CT molecular complexity index is 759. The van der Waals surface area contributed by atoms with Crippen molar-refractivity contribution in [3.05, 3.63) is 57.5 Å². The molecule has 1 atom stereocenters. The van der Waals surface area contributed by atoms with Gasteiger partial charge >= 0.3 is 6.18 Å². The van der Waals surface area contributed by atoms with Crippen molar-refractivity contribution in [2.24, 2.45) is 5.73 Å². The highest BCUT2D eigenvalue weighted by molar-refractivity contribution is 7.27. The van der Waals surface area contributed by atoms with E-state index in [1.54, 1.807) is 11.3 Å². The minimum atomic E-state index is -4.70. The molecule has 21 heavy (non-hydrogen) atoms. The Labute approximate surface area is 125 Å². The van der Waals surface area contributed by atoms with Gasteiger partial charge in [0.05, 0.1) is 11.6 Å². The van der Waals surface area contributed by atoms with E-state index in [0.29, 0.717) is 5.56 Å². The summed E-state index contributed by atoms with van der Waals surface area (Å²) in [6.07, 6.45) is -4.70. The van der Waals surface area contributed by atoms with Crippen molar-refractivity contribution in [1.29, 1.82) is 0 Å². The lowest BCUT2D eigenvalue weighted by Crippen LogP contribution is -2.13. The van der Waals surface area contributed by atoms with E-state index in [1.807, 2.05) is 17.5 Å². The van der Waals surface area contributed by atoms with Crippen molar-refractivity contribution in [3.63, 3.8) is 0 Å². The maximum absolute atomic E-state index is 13.6. The maximum atomic E-state index is 13.6. The number of alkyl halides is 3. The molecule has 1 aromatic carbocycles. The Morgan fingerprint density at radius 1 is 1.05 bits per heavy atom. The topological polar surface area (TPSA) is 26.0 Å². The minimum absolute atomic E-state index is 0.328. The summed E-state index contributed by atoms with van der Waals surface area (Å²) < 4.78 is 53.3. The second kappa shape index (κ2) is 5.08. The van der Waals surface area contributed by atoms with Gasteiger partial charge in [-0.3, -0.25) is 0 Å². The Hall–Kier alpha value is -1.44. The molecule has 0 saturated carbocycles. The molecule has 0 spiro atoms. The number of nitrogens with two attached hydrogens (primary N) is 1. The van der Waals surface area contributed by atoms with Crippen LogP contribution < -0.4 is 5.73 Å². The first-order valence-electron chi connectivity index (χ1n) is 5.95. The van der Waals surface area contributed by atoms with Crippen molar-refractivity contribution < 1.29 is 17.6 Å². The van der Waals surface area contributed by atoms with Gasteiger partial charge < -0.3 is 5.73 Å². The van der Waals surface area contributed by atoms with Crippen LogP contribution >= 0.6 is 22.7 Å². The van der Waals surface area contributed by atoms with Crippen molar-refractivity contribution in [2.75, 3.05) is 0 Å². The fourth-order valence-electron chi connectivity index (χ4n) is 2.06. The molecular weight excluding hydrogens is 322 g/mol. The summed E-state index contributed by atoms with van der Waals surface area (Å²) in [7, 11) is 0. The Kier molecular flexibility index (Phi) is 3.51. The first kappa shape index (κ1) is 14.5. The van der Waals surface area contributed by atoms with Crippen LogP contribution in [0.2, 0.25) is 0 Å². The average molecular weight is 331 g/mol. The van der Waals surface area contributed by atoms with E-state index in [2.05, 4.69) is 0 Å². The van der Waals surface area contributed by atoms with Crippen LogP contribution in [0.25, 0.3) is 9.40 Å². The summed E-state index contributed by atoms with van der Waals surface area (Å²) in [5.41, 5.74) is 5.09. The number of halogens is 4. The number of hydrogen-bond acceptors (Lipinski definition) is 3. The second-order valence-electron chi connectivity index (χ2n) is 4.51. The third-order valence-electron chi connectivity index (χ3n) is 3.12. The third kappa shape index (κ3) is 2.68. The van der Waals surface area contributed by atoms with Gasteiger partial charge in [-0.25, -0.2) is 4.39 Å². The molecule has 0 aliphatic rings. The summed E-state index contributed by atoms with van der Waals surface area (Å²) in [6.45, 7) is 0. The molecule has 7 heteroatoms. The predicted octanol–water partition coefficient (Wildman–Crippen LogP) is 5.17. The SMILES string of the molecule is NC(c1ccc(C(F)(F)F)c(F)c1)c1cc2sccc2s1. The highest BCUT2D eigenvalue weighted by atomic mass is 32.1. The van der Waals surface area contributed by atoms with Crippen molar-refractivity contribution in [3.8, 4) is 0 Å². The van der Waals surface area contributed by atoms with Crippen LogP contribution in [0.1, 0.15) is 22.0 Å². The lowest BCUT2D eigenvalue weighted by atomic mass is 10.0. The van der Waals surface area contributed by atoms with Gasteiger partial charge in [0.2, 0.25) is 0 Å². The van der Waals surface area contributed by atoms with E-state index >= 15 is 0 Å². The summed E-state index contributed by atoms with van der Waals surface area (Å²) in [4.78, 5) is 0.802. The molecule has 0 amide bonds. The lowest BCUT2D eigenvalue weighted by Gasteiger charge is -2.13. The zero-order valence-electron chi connectivity index (χ0n) is 10.4. The predicted molar refractivity (Wildman–Crippen MR) is 77.1 cm³/mol. The maximum Gasteiger partial charge on any atom is 0.419 e. The molecule has 3 rings (SSSR count). The molecular formula is C14H9F4NS2. The Balaban J connectivity index is 1.96. The molecule has 110 valence electrons. The zero-order chi connectivity index (χ0) is 15.2. The highest BCUT2D eigenvalue weighted by Gasteiger charge is 2.34. The van der Waals surface area contributed by atoms with Gasteiger partial charge in [-0.1, -0.05) is 6.07 Å². The Morgan fingerprint density at radius 3 is 2.43 bits per heavy atom. The first-order valence-corrected chi connectivity index (χ1v) is 7.65. The molecule has 0 aliphatic heterocycles. The molecule has 3 aromatic rings. The van der Waals surface area contributed by atoms with Gasteiger partial charge in [-0.05, 0) is 35.2 Å². The van der Waals surface area contributed by atoms with Gasteiger partial charge in [0.15, 0.2) is 0 Å². The largest absolute Gasteiger partial charge is 0.419 e. The third-order valence-corrected chi connectivity index (χ3v) is 5.30. The normalized spacial score (nSPS) is 13.8. The molecule has 0 aliphatic carbocycles. The molecule has 2 N–H and O–H groups in total. The zero-order valence-corrected chi connectivity index (χ0v) is 12.1. The number of hydrogen-bond donors (Lipinski definition) is 1. The lowest BCUT2D eigenvalue weighted by molar-refractivity contribution is -0.140. The summed E-state index contributed by atoms with van der Waals surface area (Å²) >= 11 is 3.02. The van der Waals surface area contributed by atoms with Crippen LogP contribution in [0.4, 0.5) is 17.6 Å². The average Bonchev–Trinajstić information content (AvgIpc) is 2.96. The Morgan fingerprint density at radius 2 is 1.81 bits per heavy atom. The van der Waals surface area contributed by atoms with Gasteiger partial charge in [-0.15, -0.1) is 22.7 Å².